The van der Waals surface area contributed by atoms with Gasteiger partial charge in [-0.1, -0.05) is 6.07 Å². The summed E-state index contributed by atoms with van der Waals surface area (Å²) in [7, 11) is 0. The molecule has 3 aromatic heterocycles. The summed E-state index contributed by atoms with van der Waals surface area (Å²) < 4.78 is 0. The van der Waals surface area contributed by atoms with E-state index < -0.39 is 0 Å². The lowest BCUT2D eigenvalue weighted by atomic mass is 10.1. The molecule has 0 unspecified atom stereocenters. The van der Waals surface area contributed by atoms with Crippen LogP contribution in [-0.2, 0) is 19.5 Å². The van der Waals surface area contributed by atoms with Gasteiger partial charge in [-0.25, -0.2) is 9.97 Å². The number of hydrogen-bond acceptors (Lipinski definition) is 6. The second-order valence-electron chi connectivity index (χ2n) is 5.20. The molecule has 1 aliphatic rings. The first-order chi connectivity index (χ1) is 10.8. The quantitative estimate of drug-likeness (QED) is 0.801. The van der Waals surface area contributed by atoms with Crippen molar-refractivity contribution >= 4 is 22.7 Å². The van der Waals surface area contributed by atoms with Crippen molar-refractivity contribution in [2.75, 3.05) is 6.54 Å². The molecule has 0 radical (unpaired) electrons. The van der Waals surface area contributed by atoms with Crippen molar-refractivity contribution < 1.29 is 0 Å². The Hall–Kier alpha value is -1.83. The maximum Gasteiger partial charge on any atom is 0.255 e. The SMILES string of the molecule is O=c1[nH]c(-c2cccs2)nc2c1CN(Cc1nccs1)CC2. The highest BCUT2D eigenvalue weighted by Crippen LogP contribution is 2.23. The van der Waals surface area contributed by atoms with E-state index in [1.54, 1.807) is 22.7 Å². The van der Waals surface area contributed by atoms with E-state index in [4.69, 9.17) is 0 Å². The average molecular weight is 330 g/mol. The Morgan fingerprint density at radius 3 is 3.05 bits per heavy atom. The molecular weight excluding hydrogens is 316 g/mol. The lowest BCUT2D eigenvalue weighted by molar-refractivity contribution is 0.241. The number of nitrogens with one attached hydrogen (secondary N) is 1. The topological polar surface area (TPSA) is 61.9 Å². The molecule has 0 bridgehead atoms. The molecule has 0 spiro atoms. The van der Waals surface area contributed by atoms with Gasteiger partial charge in [0.25, 0.3) is 5.56 Å². The molecule has 7 heteroatoms. The van der Waals surface area contributed by atoms with Crippen molar-refractivity contribution in [3.8, 4) is 10.7 Å². The van der Waals surface area contributed by atoms with E-state index in [9.17, 15) is 4.79 Å². The second kappa shape index (κ2) is 5.75. The maximum absolute atomic E-state index is 12.4. The highest BCUT2D eigenvalue weighted by Gasteiger charge is 2.22. The van der Waals surface area contributed by atoms with Gasteiger partial charge in [0, 0.05) is 31.1 Å². The molecular formula is C15H14N4OS2. The summed E-state index contributed by atoms with van der Waals surface area (Å²) in [5.41, 5.74) is 1.71. The largest absolute Gasteiger partial charge is 0.306 e. The van der Waals surface area contributed by atoms with Gasteiger partial charge in [-0.3, -0.25) is 9.69 Å². The van der Waals surface area contributed by atoms with E-state index in [2.05, 4.69) is 19.9 Å². The van der Waals surface area contributed by atoms with Crippen LogP contribution < -0.4 is 5.56 Å². The van der Waals surface area contributed by atoms with E-state index in [1.807, 2.05) is 29.1 Å². The summed E-state index contributed by atoms with van der Waals surface area (Å²) in [6, 6.07) is 3.95. The smallest absolute Gasteiger partial charge is 0.255 e. The molecule has 5 nitrogen and oxygen atoms in total. The fourth-order valence-electron chi connectivity index (χ4n) is 2.67. The molecule has 0 saturated heterocycles. The average Bonchev–Trinajstić information content (AvgIpc) is 3.20. The van der Waals surface area contributed by atoms with Gasteiger partial charge in [0.05, 0.1) is 22.7 Å². The summed E-state index contributed by atoms with van der Waals surface area (Å²) in [4.78, 5) is 27.6. The fraction of sp³-hybridized carbons (Fsp3) is 0.267. The van der Waals surface area contributed by atoms with E-state index >= 15 is 0 Å². The molecule has 0 atom stereocenters. The zero-order chi connectivity index (χ0) is 14.9. The van der Waals surface area contributed by atoms with Crippen LogP contribution in [0.2, 0.25) is 0 Å². The number of thiazole rings is 1. The Balaban J connectivity index is 1.61. The molecule has 0 aromatic carbocycles. The highest BCUT2D eigenvalue weighted by atomic mass is 32.1. The number of nitrogens with zero attached hydrogens (tertiary/aromatic N) is 3. The van der Waals surface area contributed by atoms with Crippen molar-refractivity contribution in [2.45, 2.75) is 19.5 Å². The van der Waals surface area contributed by atoms with E-state index in [0.29, 0.717) is 12.4 Å². The number of rotatable bonds is 3. The molecule has 1 N–H and O–H groups in total. The summed E-state index contributed by atoms with van der Waals surface area (Å²) in [6.07, 6.45) is 2.63. The van der Waals surface area contributed by atoms with Crippen molar-refractivity contribution in [2.24, 2.45) is 0 Å². The Labute approximate surface area is 135 Å². The van der Waals surface area contributed by atoms with E-state index in [0.717, 1.165) is 40.7 Å². The zero-order valence-electron chi connectivity index (χ0n) is 11.8. The summed E-state index contributed by atoms with van der Waals surface area (Å²) in [6.45, 7) is 2.35. The van der Waals surface area contributed by atoms with E-state index in [1.165, 1.54) is 0 Å². The predicted octanol–water partition coefficient (Wildman–Crippen LogP) is 2.51. The molecule has 3 aromatic rings. The van der Waals surface area contributed by atoms with Crippen LogP contribution in [0.3, 0.4) is 0 Å². The van der Waals surface area contributed by atoms with Crippen LogP contribution in [0.5, 0.6) is 0 Å². The number of aromatic nitrogens is 3. The third-order valence-electron chi connectivity index (χ3n) is 3.74. The third kappa shape index (κ3) is 2.63. The minimum Gasteiger partial charge on any atom is -0.306 e. The molecule has 0 amide bonds. The lowest BCUT2D eigenvalue weighted by Crippen LogP contribution is -2.35. The Morgan fingerprint density at radius 2 is 2.27 bits per heavy atom. The number of H-pyrrole nitrogens is 1. The van der Waals surface area contributed by atoms with Crippen LogP contribution in [0.4, 0.5) is 0 Å². The van der Waals surface area contributed by atoms with Crippen LogP contribution in [0, 0.1) is 0 Å². The summed E-state index contributed by atoms with van der Waals surface area (Å²) in [5.74, 6) is 0.687. The molecule has 22 heavy (non-hydrogen) atoms. The Morgan fingerprint density at radius 1 is 1.32 bits per heavy atom. The first-order valence-corrected chi connectivity index (χ1v) is 8.82. The van der Waals surface area contributed by atoms with Crippen LogP contribution >= 0.6 is 22.7 Å². The van der Waals surface area contributed by atoms with Gasteiger partial charge in [0.15, 0.2) is 5.82 Å². The number of thiophene rings is 1. The molecule has 4 heterocycles. The van der Waals surface area contributed by atoms with Crippen LogP contribution in [-0.4, -0.2) is 26.4 Å². The van der Waals surface area contributed by atoms with Crippen LogP contribution in [0.15, 0.2) is 33.9 Å². The molecule has 1 aliphatic heterocycles. The van der Waals surface area contributed by atoms with Gasteiger partial charge in [0.2, 0.25) is 0 Å². The standard InChI is InChI=1S/C15H14N4OS2/c20-15-10-8-19(9-13-16-4-7-22-13)5-3-11(10)17-14(18-15)12-2-1-6-21-12/h1-2,4,6-7H,3,5,8-9H2,(H,17,18,20). The Kier molecular flexibility index (Phi) is 3.61. The van der Waals surface area contributed by atoms with Crippen LogP contribution in [0.1, 0.15) is 16.3 Å². The van der Waals surface area contributed by atoms with Crippen molar-refractivity contribution in [1.82, 2.24) is 19.9 Å². The summed E-state index contributed by atoms with van der Waals surface area (Å²) >= 11 is 3.24. The third-order valence-corrected chi connectivity index (χ3v) is 5.39. The monoisotopic (exact) mass is 330 g/mol. The van der Waals surface area contributed by atoms with Crippen LogP contribution in [0.25, 0.3) is 10.7 Å². The molecule has 0 saturated carbocycles. The first-order valence-electron chi connectivity index (χ1n) is 7.06. The van der Waals surface area contributed by atoms with Gasteiger partial charge >= 0.3 is 0 Å². The van der Waals surface area contributed by atoms with Crippen molar-refractivity contribution in [1.29, 1.82) is 0 Å². The molecule has 4 rings (SSSR count). The van der Waals surface area contributed by atoms with Gasteiger partial charge in [-0.15, -0.1) is 22.7 Å². The van der Waals surface area contributed by atoms with Crippen molar-refractivity contribution in [3.63, 3.8) is 0 Å². The minimum absolute atomic E-state index is 0.0164. The van der Waals surface area contributed by atoms with Crippen molar-refractivity contribution in [3.05, 3.63) is 55.7 Å². The Bertz CT molecular complexity index is 824. The van der Waals surface area contributed by atoms with E-state index in [-0.39, 0.29) is 5.56 Å². The predicted molar refractivity (Wildman–Crippen MR) is 88.1 cm³/mol. The number of aromatic amines is 1. The van der Waals surface area contributed by atoms with Gasteiger partial charge in [0.1, 0.15) is 5.01 Å². The summed E-state index contributed by atoms with van der Waals surface area (Å²) in [5, 5.41) is 5.06. The molecule has 112 valence electrons. The molecule has 0 fully saturated rings. The maximum atomic E-state index is 12.4. The van der Waals surface area contributed by atoms with Gasteiger partial charge in [-0.2, -0.15) is 0 Å². The van der Waals surface area contributed by atoms with Gasteiger partial charge < -0.3 is 4.98 Å². The lowest BCUT2D eigenvalue weighted by Gasteiger charge is -2.26. The minimum atomic E-state index is -0.0164. The molecule has 0 aliphatic carbocycles. The fourth-order valence-corrected chi connectivity index (χ4v) is 4.00. The van der Waals surface area contributed by atoms with Gasteiger partial charge in [-0.05, 0) is 11.4 Å². The second-order valence-corrected chi connectivity index (χ2v) is 7.13. The normalized spacial score (nSPS) is 14.9. The highest BCUT2D eigenvalue weighted by molar-refractivity contribution is 7.13. The number of hydrogen-bond donors (Lipinski definition) is 1. The number of fused-ring (bicyclic) bond motifs is 1. The zero-order valence-corrected chi connectivity index (χ0v) is 13.4. The first kappa shape index (κ1) is 13.8.